The summed E-state index contributed by atoms with van der Waals surface area (Å²) in [5, 5.41) is 4.15. The first-order chi connectivity index (χ1) is 8.39. The fourth-order valence-corrected chi connectivity index (χ4v) is 2.56. The molecule has 0 radical (unpaired) electrons. The van der Waals surface area contributed by atoms with Crippen LogP contribution in [0.4, 0.5) is 0 Å². The minimum atomic E-state index is -0.420. The first-order valence-electron chi connectivity index (χ1n) is 6.46. The molecule has 0 aliphatic heterocycles. The van der Waals surface area contributed by atoms with Gasteiger partial charge in [0.25, 0.3) is 0 Å². The van der Waals surface area contributed by atoms with Crippen LogP contribution >= 0.6 is 11.3 Å². The van der Waals surface area contributed by atoms with Crippen LogP contribution in [0, 0.1) is 5.41 Å². The molecule has 2 N–H and O–H groups in total. The highest BCUT2D eigenvalue weighted by Crippen LogP contribution is 2.31. The molecule has 0 spiro atoms. The van der Waals surface area contributed by atoms with Gasteiger partial charge >= 0.3 is 0 Å². The highest BCUT2D eigenvalue weighted by molar-refractivity contribution is 7.07. The molecule has 1 aromatic heterocycles. The van der Waals surface area contributed by atoms with Gasteiger partial charge in [0.1, 0.15) is 0 Å². The lowest BCUT2D eigenvalue weighted by Gasteiger charge is -2.32. The molecule has 1 heterocycles. The lowest BCUT2D eigenvalue weighted by Crippen LogP contribution is -2.50. The molecular formula is C14H22N2OS. The van der Waals surface area contributed by atoms with Crippen LogP contribution in [0.1, 0.15) is 39.2 Å². The molecule has 2 rings (SSSR count). The van der Waals surface area contributed by atoms with Gasteiger partial charge in [0.05, 0.1) is 6.04 Å². The molecule has 4 heteroatoms. The SMILES string of the molecule is CC(C)(C)C(N)C(=O)N(Cc1ccsc1)C1CC1. The van der Waals surface area contributed by atoms with Crippen molar-refractivity contribution in [1.82, 2.24) is 4.90 Å². The zero-order valence-corrected chi connectivity index (χ0v) is 12.2. The molecule has 3 nitrogen and oxygen atoms in total. The van der Waals surface area contributed by atoms with E-state index in [1.54, 1.807) is 11.3 Å². The van der Waals surface area contributed by atoms with Gasteiger partial charge in [-0.25, -0.2) is 0 Å². The summed E-state index contributed by atoms with van der Waals surface area (Å²) in [7, 11) is 0. The molecule has 1 aromatic rings. The smallest absolute Gasteiger partial charge is 0.240 e. The van der Waals surface area contributed by atoms with E-state index in [9.17, 15) is 4.79 Å². The summed E-state index contributed by atoms with van der Waals surface area (Å²) < 4.78 is 0. The average molecular weight is 266 g/mol. The minimum absolute atomic E-state index is 0.0937. The third-order valence-corrected chi connectivity index (χ3v) is 4.13. The van der Waals surface area contributed by atoms with Gasteiger partial charge in [-0.3, -0.25) is 4.79 Å². The summed E-state index contributed by atoms with van der Waals surface area (Å²) in [5.41, 5.74) is 7.13. The van der Waals surface area contributed by atoms with Crippen LogP contribution in [-0.2, 0) is 11.3 Å². The molecular weight excluding hydrogens is 244 g/mol. The first kappa shape index (κ1) is 13.6. The summed E-state index contributed by atoms with van der Waals surface area (Å²) in [4.78, 5) is 14.5. The van der Waals surface area contributed by atoms with Crippen LogP contribution in [0.3, 0.4) is 0 Å². The Kier molecular flexibility index (Phi) is 3.78. The van der Waals surface area contributed by atoms with Gasteiger partial charge in [-0.15, -0.1) is 0 Å². The molecule has 0 aromatic carbocycles. The molecule has 1 unspecified atom stereocenters. The molecule has 100 valence electrons. The number of hydrogen-bond acceptors (Lipinski definition) is 3. The standard InChI is InChI=1S/C14H22N2OS/c1-14(2,3)12(15)13(17)16(11-4-5-11)8-10-6-7-18-9-10/h6-7,9,11-12H,4-5,8,15H2,1-3H3. The Morgan fingerprint density at radius 2 is 2.22 bits per heavy atom. The minimum Gasteiger partial charge on any atom is -0.334 e. The van der Waals surface area contributed by atoms with Crippen molar-refractivity contribution in [3.63, 3.8) is 0 Å². The third-order valence-electron chi connectivity index (χ3n) is 3.40. The van der Waals surface area contributed by atoms with Gasteiger partial charge in [-0.1, -0.05) is 20.8 Å². The number of rotatable bonds is 4. The Morgan fingerprint density at radius 3 is 2.67 bits per heavy atom. The van der Waals surface area contributed by atoms with E-state index in [4.69, 9.17) is 5.73 Å². The van der Waals surface area contributed by atoms with Crippen LogP contribution in [0.25, 0.3) is 0 Å². The number of thiophene rings is 1. The van der Waals surface area contributed by atoms with Gasteiger partial charge < -0.3 is 10.6 Å². The van der Waals surface area contributed by atoms with Crippen molar-refractivity contribution in [3.05, 3.63) is 22.4 Å². The van der Waals surface area contributed by atoms with Gasteiger partial charge in [-0.2, -0.15) is 11.3 Å². The van der Waals surface area contributed by atoms with E-state index < -0.39 is 6.04 Å². The summed E-state index contributed by atoms with van der Waals surface area (Å²) in [6, 6.07) is 2.07. The van der Waals surface area contributed by atoms with E-state index in [2.05, 4.69) is 16.8 Å². The maximum atomic E-state index is 12.5. The fourth-order valence-electron chi connectivity index (χ4n) is 1.90. The van der Waals surface area contributed by atoms with Gasteiger partial charge in [-0.05, 0) is 40.6 Å². The van der Waals surface area contributed by atoms with E-state index >= 15 is 0 Å². The average Bonchev–Trinajstić information content (AvgIpc) is 3.00. The number of amides is 1. The van der Waals surface area contributed by atoms with E-state index in [0.717, 1.165) is 12.8 Å². The number of nitrogens with two attached hydrogens (primary N) is 1. The van der Waals surface area contributed by atoms with E-state index in [1.807, 2.05) is 25.7 Å². The van der Waals surface area contributed by atoms with Crippen molar-refractivity contribution in [2.75, 3.05) is 0 Å². The Morgan fingerprint density at radius 1 is 1.56 bits per heavy atom. The molecule has 0 saturated heterocycles. The zero-order valence-electron chi connectivity index (χ0n) is 11.3. The molecule has 1 fully saturated rings. The second-order valence-corrected chi connectivity index (χ2v) is 6.95. The summed E-state index contributed by atoms with van der Waals surface area (Å²) in [6.45, 7) is 6.76. The summed E-state index contributed by atoms with van der Waals surface area (Å²) in [6.07, 6.45) is 2.24. The number of carbonyl (C=O) groups excluding carboxylic acids is 1. The van der Waals surface area contributed by atoms with Crippen molar-refractivity contribution >= 4 is 17.2 Å². The molecule has 1 atom stereocenters. The number of carbonyl (C=O) groups is 1. The van der Waals surface area contributed by atoms with Crippen molar-refractivity contribution in [2.45, 2.75) is 52.2 Å². The molecule has 1 saturated carbocycles. The molecule has 1 amide bonds. The molecule has 1 aliphatic rings. The van der Waals surface area contributed by atoms with E-state index in [1.165, 1.54) is 5.56 Å². The largest absolute Gasteiger partial charge is 0.334 e. The van der Waals surface area contributed by atoms with Gasteiger partial charge in [0, 0.05) is 12.6 Å². The Hall–Kier alpha value is -0.870. The highest BCUT2D eigenvalue weighted by Gasteiger charge is 2.38. The number of nitrogens with zero attached hydrogens (tertiary/aromatic N) is 1. The zero-order chi connectivity index (χ0) is 13.3. The van der Waals surface area contributed by atoms with Crippen LogP contribution in [0.5, 0.6) is 0 Å². The topological polar surface area (TPSA) is 46.3 Å². The van der Waals surface area contributed by atoms with E-state index in [0.29, 0.717) is 12.6 Å². The van der Waals surface area contributed by atoms with Crippen LogP contribution in [0.2, 0.25) is 0 Å². The fraction of sp³-hybridized carbons (Fsp3) is 0.643. The lowest BCUT2D eigenvalue weighted by atomic mass is 9.86. The summed E-state index contributed by atoms with van der Waals surface area (Å²) >= 11 is 1.67. The Bertz CT molecular complexity index is 404. The van der Waals surface area contributed by atoms with Crippen molar-refractivity contribution < 1.29 is 4.79 Å². The second kappa shape index (κ2) is 5.02. The second-order valence-electron chi connectivity index (χ2n) is 6.17. The summed E-state index contributed by atoms with van der Waals surface area (Å²) in [5.74, 6) is 0.0937. The van der Waals surface area contributed by atoms with Crippen molar-refractivity contribution in [3.8, 4) is 0 Å². The maximum Gasteiger partial charge on any atom is 0.240 e. The van der Waals surface area contributed by atoms with Crippen LogP contribution in [0.15, 0.2) is 16.8 Å². The lowest BCUT2D eigenvalue weighted by molar-refractivity contribution is -0.136. The maximum absolute atomic E-state index is 12.5. The Balaban J connectivity index is 2.08. The molecule has 1 aliphatic carbocycles. The molecule has 18 heavy (non-hydrogen) atoms. The monoisotopic (exact) mass is 266 g/mol. The third kappa shape index (κ3) is 3.12. The van der Waals surface area contributed by atoms with Crippen LogP contribution < -0.4 is 5.73 Å². The normalized spacial score (nSPS) is 17.6. The predicted octanol–water partition coefficient (Wildman–Crippen LogP) is 2.61. The Labute approximate surface area is 113 Å². The first-order valence-corrected chi connectivity index (χ1v) is 7.41. The number of hydrogen-bond donors (Lipinski definition) is 1. The predicted molar refractivity (Wildman–Crippen MR) is 75.3 cm³/mol. The van der Waals surface area contributed by atoms with Gasteiger partial charge in [0.2, 0.25) is 5.91 Å². The van der Waals surface area contributed by atoms with Crippen LogP contribution in [-0.4, -0.2) is 22.9 Å². The van der Waals surface area contributed by atoms with E-state index in [-0.39, 0.29) is 11.3 Å². The highest BCUT2D eigenvalue weighted by atomic mass is 32.1. The quantitative estimate of drug-likeness (QED) is 0.910. The van der Waals surface area contributed by atoms with Gasteiger partial charge in [0.15, 0.2) is 0 Å². The van der Waals surface area contributed by atoms with Crippen molar-refractivity contribution in [1.29, 1.82) is 0 Å². The molecule has 0 bridgehead atoms. The van der Waals surface area contributed by atoms with Crippen molar-refractivity contribution in [2.24, 2.45) is 11.1 Å².